The molecule has 0 spiro atoms. The van der Waals surface area contributed by atoms with Gasteiger partial charge in [-0.2, -0.15) is 23.8 Å². The van der Waals surface area contributed by atoms with Crippen LogP contribution >= 0.6 is 0 Å². The predicted octanol–water partition coefficient (Wildman–Crippen LogP) is 13.3. The van der Waals surface area contributed by atoms with E-state index in [4.69, 9.17) is 9.97 Å². The van der Waals surface area contributed by atoms with Gasteiger partial charge in [-0.05, 0) is 62.5 Å². The molecule has 0 N–H and O–H groups in total. The molecule has 9 aromatic rings. The maximum Gasteiger partial charge on any atom is 2.00 e. The average Bonchev–Trinajstić information content (AvgIpc) is 3.26. The van der Waals surface area contributed by atoms with Crippen molar-refractivity contribution in [2.75, 3.05) is 0 Å². The van der Waals surface area contributed by atoms with Gasteiger partial charge in [0.25, 0.3) is 0 Å². The molecule has 55 heavy (non-hydrogen) atoms. The van der Waals surface area contributed by atoms with Crippen molar-refractivity contribution in [3.05, 3.63) is 224 Å². The largest absolute Gasteiger partial charge is 2.00 e. The van der Waals surface area contributed by atoms with Gasteiger partial charge in [-0.3, -0.25) is 9.97 Å². The number of fused-ring (bicyclic) bond motifs is 1. The molecule has 0 radical (unpaired) electrons. The van der Waals surface area contributed by atoms with Crippen LogP contribution in [0.5, 0.6) is 0 Å². The van der Waals surface area contributed by atoms with Gasteiger partial charge in [0.2, 0.25) is 0 Å². The van der Waals surface area contributed by atoms with Crippen molar-refractivity contribution in [1.29, 1.82) is 0 Å². The summed E-state index contributed by atoms with van der Waals surface area (Å²) in [6, 6.07) is 69.5. The number of benzene rings is 7. The molecule has 0 aliphatic heterocycles. The third-order valence-electron chi connectivity index (χ3n) is 9.80. The molecule has 0 saturated heterocycles. The first-order valence-electron chi connectivity index (χ1n) is 18.1. The van der Waals surface area contributed by atoms with Gasteiger partial charge in [0.15, 0.2) is 0 Å². The second-order valence-electron chi connectivity index (χ2n) is 13.2. The van der Waals surface area contributed by atoms with Gasteiger partial charge in [-0.15, -0.1) is 23.3 Å². The Morgan fingerprint density at radius 3 is 1.56 bits per heavy atom. The number of rotatable bonds is 8. The van der Waals surface area contributed by atoms with Crippen molar-refractivity contribution in [2.24, 2.45) is 0 Å². The zero-order chi connectivity index (χ0) is 36.1. The van der Waals surface area contributed by atoms with Gasteiger partial charge in [0, 0.05) is 23.8 Å². The Kier molecular flexibility index (Phi) is 10.5. The quantitative estimate of drug-likeness (QED) is 0.0870. The van der Waals surface area contributed by atoms with E-state index in [2.05, 4.69) is 170 Å². The SMILES string of the molecule is [C-](=Cc1[c-]c(-c2ccccn2)cc(-c2ccccc2-c2ccccc2)c1)c1ccc2ccc(-c3ccccc3-c3ccccc3)cc2c1-c1ccccn1.[Pd+2]. The molecule has 2 heterocycles. The summed E-state index contributed by atoms with van der Waals surface area (Å²) in [5, 5.41) is 2.27. The van der Waals surface area contributed by atoms with Crippen LogP contribution in [-0.4, -0.2) is 9.97 Å². The van der Waals surface area contributed by atoms with Crippen LogP contribution in [0.15, 0.2) is 200 Å². The first-order chi connectivity index (χ1) is 26.8. The number of pyridine rings is 2. The molecular formula is C52H34N2Pd. The summed E-state index contributed by atoms with van der Waals surface area (Å²) in [7, 11) is 0. The summed E-state index contributed by atoms with van der Waals surface area (Å²) in [5.74, 6) is 0. The van der Waals surface area contributed by atoms with Gasteiger partial charge in [-0.1, -0.05) is 168 Å². The maximum absolute atomic E-state index is 4.86. The molecule has 0 aliphatic rings. The van der Waals surface area contributed by atoms with E-state index < -0.39 is 0 Å². The van der Waals surface area contributed by atoms with Crippen LogP contribution in [0.3, 0.4) is 0 Å². The van der Waals surface area contributed by atoms with Crippen molar-refractivity contribution < 1.29 is 20.4 Å². The van der Waals surface area contributed by atoms with Crippen molar-refractivity contribution in [3.63, 3.8) is 0 Å². The van der Waals surface area contributed by atoms with Crippen LogP contribution < -0.4 is 0 Å². The first-order valence-corrected chi connectivity index (χ1v) is 18.1. The Hall–Kier alpha value is -6.50. The van der Waals surface area contributed by atoms with Gasteiger partial charge in [-0.25, -0.2) is 6.08 Å². The third kappa shape index (κ3) is 7.50. The summed E-state index contributed by atoms with van der Waals surface area (Å²) in [4.78, 5) is 9.55. The molecule has 262 valence electrons. The van der Waals surface area contributed by atoms with E-state index in [1.54, 1.807) is 0 Å². The van der Waals surface area contributed by atoms with E-state index in [0.717, 1.165) is 61.1 Å². The van der Waals surface area contributed by atoms with E-state index in [0.29, 0.717) is 0 Å². The third-order valence-corrected chi connectivity index (χ3v) is 9.80. The summed E-state index contributed by atoms with van der Waals surface area (Å²) < 4.78 is 0. The molecule has 0 atom stereocenters. The van der Waals surface area contributed by atoms with E-state index >= 15 is 0 Å². The van der Waals surface area contributed by atoms with Crippen LogP contribution in [0, 0.1) is 12.1 Å². The molecule has 0 bridgehead atoms. The van der Waals surface area contributed by atoms with Gasteiger partial charge < -0.3 is 0 Å². The minimum Gasteiger partial charge on any atom is -0.295 e. The van der Waals surface area contributed by atoms with Crippen LogP contribution in [0.25, 0.3) is 83.9 Å². The number of aromatic nitrogens is 2. The fourth-order valence-electron chi connectivity index (χ4n) is 7.24. The molecule has 0 fully saturated rings. The van der Waals surface area contributed by atoms with E-state index in [9.17, 15) is 0 Å². The van der Waals surface area contributed by atoms with Crippen molar-refractivity contribution in [3.8, 4) is 67.0 Å². The van der Waals surface area contributed by atoms with Crippen molar-refractivity contribution in [2.45, 2.75) is 0 Å². The minimum absolute atomic E-state index is 0. The molecule has 3 heteroatoms. The topological polar surface area (TPSA) is 25.8 Å². The minimum atomic E-state index is 0. The maximum atomic E-state index is 4.86. The zero-order valence-corrected chi connectivity index (χ0v) is 31.4. The second-order valence-corrected chi connectivity index (χ2v) is 13.2. The molecular weight excluding hydrogens is 759 g/mol. The van der Waals surface area contributed by atoms with E-state index in [1.165, 1.54) is 27.8 Å². The molecule has 0 saturated carbocycles. The van der Waals surface area contributed by atoms with Gasteiger partial charge >= 0.3 is 20.4 Å². The van der Waals surface area contributed by atoms with Crippen LogP contribution in [0.4, 0.5) is 0 Å². The number of hydrogen-bond acceptors (Lipinski definition) is 2. The van der Waals surface area contributed by atoms with E-state index in [-0.39, 0.29) is 20.4 Å². The van der Waals surface area contributed by atoms with Crippen molar-refractivity contribution >= 4 is 16.8 Å². The Bertz CT molecular complexity index is 2740. The standard InChI is InChI=1S/C52H34N2.Pd/c1-3-15-38(16-4-1)45-19-7-9-21-47(45)42-30-28-40-27-29-41(52(49(40)36-42)51-24-12-14-32-54-51)26-25-37-33-43(35-44(34-37)50-23-11-13-31-53-50)48-22-10-8-20-46(48)39-17-5-2-6-18-39;/h1-25,27-33,35-36H;/q-2;+2. The summed E-state index contributed by atoms with van der Waals surface area (Å²) >= 11 is 0. The molecule has 0 aliphatic carbocycles. The molecule has 0 unspecified atom stereocenters. The van der Waals surface area contributed by atoms with Crippen LogP contribution in [0.2, 0.25) is 0 Å². The normalized spacial score (nSPS) is 11.1. The van der Waals surface area contributed by atoms with E-state index in [1.807, 2.05) is 48.8 Å². The molecule has 2 nitrogen and oxygen atoms in total. The average molecular weight is 793 g/mol. The Morgan fingerprint density at radius 1 is 0.436 bits per heavy atom. The first kappa shape index (κ1) is 35.5. The van der Waals surface area contributed by atoms with Crippen LogP contribution in [0.1, 0.15) is 11.1 Å². The molecule has 7 aromatic carbocycles. The summed E-state index contributed by atoms with van der Waals surface area (Å²) in [6.45, 7) is 0. The predicted molar refractivity (Wildman–Crippen MR) is 224 cm³/mol. The number of hydrogen-bond donors (Lipinski definition) is 0. The van der Waals surface area contributed by atoms with Crippen LogP contribution in [-0.2, 0) is 20.4 Å². The zero-order valence-electron chi connectivity index (χ0n) is 29.8. The van der Waals surface area contributed by atoms with Gasteiger partial charge in [0.05, 0.1) is 0 Å². The Balaban J connectivity index is 0.00000427. The second kappa shape index (κ2) is 16.3. The number of nitrogens with zero attached hydrogens (tertiary/aromatic N) is 2. The Morgan fingerprint density at radius 2 is 0.964 bits per heavy atom. The molecule has 2 aromatic heterocycles. The summed E-state index contributed by atoms with van der Waals surface area (Å²) in [6.07, 6.45) is 9.44. The fraction of sp³-hybridized carbons (Fsp3) is 0. The Labute approximate surface area is 336 Å². The van der Waals surface area contributed by atoms with Gasteiger partial charge in [0.1, 0.15) is 0 Å². The smallest absolute Gasteiger partial charge is 0.295 e. The summed E-state index contributed by atoms with van der Waals surface area (Å²) in [5.41, 5.74) is 14.9. The van der Waals surface area contributed by atoms with Crippen molar-refractivity contribution in [1.82, 2.24) is 9.97 Å². The monoisotopic (exact) mass is 792 g/mol. The molecule has 0 amide bonds. The molecule has 9 rings (SSSR count). The fourth-order valence-corrected chi connectivity index (χ4v) is 7.24.